The molecule has 0 aromatic heterocycles. The van der Waals surface area contributed by atoms with Gasteiger partial charge in [-0.05, 0) is 51.6 Å². The number of hydrogen-bond donors (Lipinski definition) is 1. The van der Waals surface area contributed by atoms with E-state index in [2.05, 4.69) is 4.90 Å². The second-order valence-electron chi connectivity index (χ2n) is 7.61. The summed E-state index contributed by atoms with van der Waals surface area (Å²) < 4.78 is 5.07. The van der Waals surface area contributed by atoms with Gasteiger partial charge in [-0.1, -0.05) is 12.8 Å². The highest BCUT2D eigenvalue weighted by Gasteiger charge is 2.42. The minimum Gasteiger partial charge on any atom is -0.481 e. The number of aliphatic carboxylic acids is 1. The van der Waals surface area contributed by atoms with Crippen molar-refractivity contribution >= 4 is 11.9 Å². The van der Waals surface area contributed by atoms with Gasteiger partial charge < -0.3 is 19.6 Å². The van der Waals surface area contributed by atoms with Crippen molar-refractivity contribution in [2.45, 2.75) is 57.8 Å². The fourth-order valence-electron chi connectivity index (χ4n) is 4.16. The van der Waals surface area contributed by atoms with Gasteiger partial charge in [-0.15, -0.1) is 0 Å². The summed E-state index contributed by atoms with van der Waals surface area (Å²) in [6, 6.07) is 0. The summed E-state index contributed by atoms with van der Waals surface area (Å²) >= 11 is 0. The standard InChI is InChI=1S/C19H34N2O4/c1-25-15-7-10-19(18(23)24)9-6-13-21(16-19)17(22)8-14-20-11-4-2-3-5-12-20/h2-16H2,1H3,(H,23,24)/t19-/m0/s1. The predicted molar refractivity (Wildman–Crippen MR) is 96.5 cm³/mol. The smallest absolute Gasteiger partial charge is 0.311 e. The van der Waals surface area contributed by atoms with Gasteiger partial charge in [0.15, 0.2) is 0 Å². The van der Waals surface area contributed by atoms with E-state index in [1.807, 2.05) is 0 Å². The fraction of sp³-hybridized carbons (Fsp3) is 0.895. The number of carboxylic acid groups (broad SMARTS) is 1. The Kier molecular flexibility index (Phi) is 8.16. The summed E-state index contributed by atoms with van der Waals surface area (Å²) in [6.07, 6.45) is 8.26. The Bertz CT molecular complexity index is 435. The average molecular weight is 354 g/mol. The van der Waals surface area contributed by atoms with Crippen molar-refractivity contribution in [1.29, 1.82) is 0 Å². The second-order valence-corrected chi connectivity index (χ2v) is 7.61. The van der Waals surface area contributed by atoms with Gasteiger partial charge in [-0.2, -0.15) is 0 Å². The van der Waals surface area contributed by atoms with E-state index in [-0.39, 0.29) is 5.91 Å². The topological polar surface area (TPSA) is 70.1 Å². The molecular formula is C19H34N2O4. The highest BCUT2D eigenvalue weighted by molar-refractivity contribution is 5.79. The van der Waals surface area contributed by atoms with E-state index in [0.717, 1.165) is 32.5 Å². The van der Waals surface area contributed by atoms with Crippen LogP contribution in [0.1, 0.15) is 57.8 Å². The lowest BCUT2D eigenvalue weighted by molar-refractivity contribution is -0.155. The van der Waals surface area contributed by atoms with Gasteiger partial charge in [0, 0.05) is 39.8 Å². The molecule has 0 unspecified atom stereocenters. The van der Waals surface area contributed by atoms with Gasteiger partial charge >= 0.3 is 5.97 Å². The zero-order chi connectivity index (χ0) is 18.1. The summed E-state index contributed by atoms with van der Waals surface area (Å²) in [5.41, 5.74) is -0.797. The van der Waals surface area contributed by atoms with Crippen LogP contribution in [-0.4, -0.2) is 73.2 Å². The van der Waals surface area contributed by atoms with Gasteiger partial charge in [-0.3, -0.25) is 9.59 Å². The molecule has 144 valence electrons. The zero-order valence-electron chi connectivity index (χ0n) is 15.7. The number of likely N-dealkylation sites (tertiary alicyclic amines) is 2. The van der Waals surface area contributed by atoms with Crippen LogP contribution in [0, 0.1) is 5.41 Å². The highest BCUT2D eigenvalue weighted by atomic mass is 16.5. The van der Waals surface area contributed by atoms with E-state index in [0.29, 0.717) is 39.0 Å². The number of carboxylic acids is 1. The maximum Gasteiger partial charge on any atom is 0.311 e. The van der Waals surface area contributed by atoms with Gasteiger partial charge in [0.2, 0.25) is 5.91 Å². The van der Waals surface area contributed by atoms with Gasteiger partial charge in [0.1, 0.15) is 0 Å². The molecular weight excluding hydrogens is 320 g/mol. The minimum absolute atomic E-state index is 0.112. The Hall–Kier alpha value is -1.14. The summed E-state index contributed by atoms with van der Waals surface area (Å²) in [4.78, 5) is 28.7. The van der Waals surface area contributed by atoms with E-state index in [1.54, 1.807) is 12.0 Å². The maximum absolute atomic E-state index is 12.6. The third-order valence-electron chi connectivity index (χ3n) is 5.73. The third-order valence-corrected chi connectivity index (χ3v) is 5.73. The molecule has 2 aliphatic rings. The molecule has 0 aromatic rings. The largest absolute Gasteiger partial charge is 0.481 e. The molecule has 1 amide bonds. The molecule has 1 atom stereocenters. The van der Waals surface area contributed by atoms with Crippen LogP contribution in [0.25, 0.3) is 0 Å². The fourth-order valence-corrected chi connectivity index (χ4v) is 4.16. The average Bonchev–Trinajstić information content (AvgIpc) is 2.89. The van der Waals surface area contributed by atoms with Crippen LogP contribution in [0.2, 0.25) is 0 Å². The molecule has 0 saturated carbocycles. The summed E-state index contributed by atoms with van der Waals surface area (Å²) in [5.74, 6) is -0.657. The van der Waals surface area contributed by atoms with Crippen molar-refractivity contribution < 1.29 is 19.4 Å². The van der Waals surface area contributed by atoms with Crippen molar-refractivity contribution in [3.05, 3.63) is 0 Å². The summed E-state index contributed by atoms with van der Waals surface area (Å²) in [6.45, 7) is 4.59. The van der Waals surface area contributed by atoms with Crippen LogP contribution in [-0.2, 0) is 14.3 Å². The van der Waals surface area contributed by atoms with Gasteiger partial charge in [0.25, 0.3) is 0 Å². The number of amides is 1. The molecule has 2 rings (SSSR count). The van der Waals surface area contributed by atoms with Crippen LogP contribution in [0.4, 0.5) is 0 Å². The SMILES string of the molecule is COCCC[C@@]1(C(=O)O)CCCN(C(=O)CCN2CCCCCC2)C1. The van der Waals surface area contributed by atoms with E-state index in [1.165, 1.54) is 25.7 Å². The van der Waals surface area contributed by atoms with E-state index < -0.39 is 11.4 Å². The molecule has 2 saturated heterocycles. The van der Waals surface area contributed by atoms with E-state index in [9.17, 15) is 14.7 Å². The van der Waals surface area contributed by atoms with Crippen LogP contribution < -0.4 is 0 Å². The molecule has 2 fully saturated rings. The summed E-state index contributed by atoms with van der Waals surface area (Å²) in [7, 11) is 1.63. The predicted octanol–water partition coefficient (Wildman–Crippen LogP) is 2.37. The number of methoxy groups -OCH3 is 1. The molecule has 1 N–H and O–H groups in total. The zero-order valence-corrected chi connectivity index (χ0v) is 15.7. The molecule has 6 nitrogen and oxygen atoms in total. The highest BCUT2D eigenvalue weighted by Crippen LogP contribution is 2.35. The van der Waals surface area contributed by atoms with Crippen LogP contribution in [0.3, 0.4) is 0 Å². The first-order valence-corrected chi connectivity index (χ1v) is 9.80. The van der Waals surface area contributed by atoms with Crippen molar-refractivity contribution in [2.24, 2.45) is 5.41 Å². The summed E-state index contributed by atoms with van der Waals surface area (Å²) in [5, 5.41) is 9.77. The number of nitrogens with zero attached hydrogens (tertiary/aromatic N) is 2. The molecule has 2 aliphatic heterocycles. The number of hydrogen-bond acceptors (Lipinski definition) is 4. The Balaban J connectivity index is 1.86. The Morgan fingerprint density at radius 3 is 2.44 bits per heavy atom. The first kappa shape index (κ1) is 20.2. The lowest BCUT2D eigenvalue weighted by atomic mass is 9.76. The number of carbonyl (C=O) groups is 2. The van der Waals surface area contributed by atoms with Crippen molar-refractivity contribution in [3.8, 4) is 0 Å². The van der Waals surface area contributed by atoms with E-state index in [4.69, 9.17) is 4.74 Å². The van der Waals surface area contributed by atoms with Gasteiger partial charge in [0.05, 0.1) is 5.41 Å². The monoisotopic (exact) mass is 354 g/mol. The molecule has 0 radical (unpaired) electrons. The Labute approximate surface area is 151 Å². The third kappa shape index (κ3) is 5.96. The molecule has 0 aromatic carbocycles. The maximum atomic E-state index is 12.6. The van der Waals surface area contributed by atoms with Crippen molar-refractivity contribution in [3.63, 3.8) is 0 Å². The first-order valence-electron chi connectivity index (χ1n) is 9.80. The molecule has 2 heterocycles. The Morgan fingerprint density at radius 2 is 1.80 bits per heavy atom. The number of ether oxygens (including phenoxy) is 1. The van der Waals surface area contributed by atoms with Crippen molar-refractivity contribution in [1.82, 2.24) is 9.80 Å². The second kappa shape index (κ2) is 10.1. The minimum atomic E-state index is -0.797. The molecule has 0 aliphatic carbocycles. The molecule has 0 spiro atoms. The molecule has 25 heavy (non-hydrogen) atoms. The Morgan fingerprint density at radius 1 is 1.08 bits per heavy atom. The quantitative estimate of drug-likeness (QED) is 0.678. The first-order chi connectivity index (χ1) is 12.1. The molecule has 6 heteroatoms. The molecule has 0 bridgehead atoms. The number of piperidine rings is 1. The number of carbonyl (C=O) groups excluding carboxylic acids is 1. The normalized spacial score (nSPS) is 25.6. The van der Waals surface area contributed by atoms with E-state index >= 15 is 0 Å². The van der Waals surface area contributed by atoms with Gasteiger partial charge in [-0.25, -0.2) is 0 Å². The van der Waals surface area contributed by atoms with Crippen LogP contribution >= 0.6 is 0 Å². The lowest BCUT2D eigenvalue weighted by Gasteiger charge is -2.40. The lowest BCUT2D eigenvalue weighted by Crippen LogP contribution is -2.50. The van der Waals surface area contributed by atoms with Crippen LogP contribution in [0.15, 0.2) is 0 Å². The van der Waals surface area contributed by atoms with Crippen molar-refractivity contribution in [2.75, 3.05) is 46.4 Å². The van der Waals surface area contributed by atoms with Crippen LogP contribution in [0.5, 0.6) is 0 Å². The number of rotatable bonds is 8.